The lowest BCUT2D eigenvalue weighted by Gasteiger charge is -2.14. The molecule has 0 bridgehead atoms. The van der Waals surface area contributed by atoms with Crippen molar-refractivity contribution in [3.05, 3.63) is 27.7 Å². The van der Waals surface area contributed by atoms with Crippen LogP contribution in [0.1, 0.15) is 41.4 Å². The van der Waals surface area contributed by atoms with Crippen LogP contribution in [0.2, 0.25) is 0 Å². The minimum absolute atomic E-state index is 0.202. The van der Waals surface area contributed by atoms with Crippen molar-refractivity contribution in [1.82, 2.24) is 10.4 Å². The summed E-state index contributed by atoms with van der Waals surface area (Å²) in [6, 6.07) is 0.202. The molecule has 1 unspecified atom stereocenters. The lowest BCUT2D eigenvalue weighted by atomic mass is 10.1. The van der Waals surface area contributed by atoms with Gasteiger partial charge in [-0.2, -0.15) is 0 Å². The van der Waals surface area contributed by atoms with E-state index in [9.17, 15) is 0 Å². The summed E-state index contributed by atoms with van der Waals surface area (Å²) in [5, 5.41) is 1.10. The zero-order chi connectivity index (χ0) is 11.4. The molecule has 0 aliphatic rings. The molecule has 0 aromatic carbocycles. The lowest BCUT2D eigenvalue weighted by Crippen LogP contribution is -2.27. The molecule has 0 amide bonds. The molecule has 0 radical (unpaired) electrons. The van der Waals surface area contributed by atoms with E-state index in [1.165, 1.54) is 10.5 Å². The lowest BCUT2D eigenvalue weighted by molar-refractivity contribution is 0.520. The number of aromatic nitrogens is 1. The molecular formula is C11H19N3S. The average molecular weight is 225 g/mol. The Morgan fingerprint density at radius 1 is 1.60 bits per heavy atom. The van der Waals surface area contributed by atoms with Crippen LogP contribution in [0, 0.1) is 13.8 Å². The van der Waals surface area contributed by atoms with Crippen LogP contribution in [0.25, 0.3) is 0 Å². The predicted octanol–water partition coefficient (Wildman–Crippen LogP) is 2.62. The summed E-state index contributed by atoms with van der Waals surface area (Å²) in [6.45, 7) is 9.99. The molecule has 3 N–H and O–H groups in total. The first kappa shape index (κ1) is 12.4. The third-order valence-corrected chi connectivity index (χ3v) is 3.50. The Bertz CT molecular complexity index is 344. The molecule has 0 saturated heterocycles. The van der Waals surface area contributed by atoms with E-state index >= 15 is 0 Å². The van der Waals surface area contributed by atoms with Gasteiger partial charge in [-0.15, -0.1) is 17.9 Å². The number of nitrogens with two attached hydrogens (primary N) is 1. The first-order chi connectivity index (χ1) is 7.04. The minimum Gasteiger partial charge on any atom is -0.271 e. The van der Waals surface area contributed by atoms with Crippen LogP contribution in [-0.2, 0) is 0 Å². The van der Waals surface area contributed by atoms with Crippen LogP contribution in [0.15, 0.2) is 12.2 Å². The number of hydrazine groups is 1. The van der Waals surface area contributed by atoms with Gasteiger partial charge in [0, 0.05) is 4.88 Å². The Balaban J connectivity index is 2.73. The highest BCUT2D eigenvalue weighted by Gasteiger charge is 2.15. The molecule has 0 aliphatic carbocycles. The monoisotopic (exact) mass is 225 g/mol. The van der Waals surface area contributed by atoms with Crippen molar-refractivity contribution in [2.45, 2.75) is 39.7 Å². The smallest absolute Gasteiger partial charge is 0.0900 e. The highest BCUT2D eigenvalue weighted by atomic mass is 32.1. The maximum absolute atomic E-state index is 5.57. The maximum atomic E-state index is 5.57. The Labute approximate surface area is 95.4 Å². The molecule has 0 aliphatic heterocycles. The van der Waals surface area contributed by atoms with E-state index in [1.807, 2.05) is 20.8 Å². The second-order valence-electron chi connectivity index (χ2n) is 3.90. The molecular weight excluding hydrogens is 206 g/mol. The van der Waals surface area contributed by atoms with Gasteiger partial charge in [-0.1, -0.05) is 5.57 Å². The second-order valence-corrected chi connectivity index (χ2v) is 5.13. The third kappa shape index (κ3) is 3.41. The van der Waals surface area contributed by atoms with Gasteiger partial charge in [-0.05, 0) is 33.6 Å². The van der Waals surface area contributed by atoms with Crippen molar-refractivity contribution in [3.63, 3.8) is 0 Å². The number of thiazole rings is 1. The number of nitrogens with zero attached hydrogens (tertiary/aromatic N) is 1. The van der Waals surface area contributed by atoms with Crippen LogP contribution < -0.4 is 11.3 Å². The van der Waals surface area contributed by atoms with Gasteiger partial charge in [0.1, 0.15) is 0 Å². The number of hydrogen-bond donors (Lipinski definition) is 2. The topological polar surface area (TPSA) is 50.9 Å². The second kappa shape index (κ2) is 5.39. The van der Waals surface area contributed by atoms with Crippen LogP contribution in [0.5, 0.6) is 0 Å². The SMILES string of the molecule is C=C(C)CCC(NN)c1sc(C)nc1C. The van der Waals surface area contributed by atoms with Crippen molar-refractivity contribution in [3.8, 4) is 0 Å². The minimum atomic E-state index is 0.202. The molecule has 0 saturated carbocycles. The van der Waals surface area contributed by atoms with Gasteiger partial charge in [0.25, 0.3) is 0 Å². The van der Waals surface area contributed by atoms with Crippen LogP contribution in [0.3, 0.4) is 0 Å². The van der Waals surface area contributed by atoms with Gasteiger partial charge >= 0.3 is 0 Å². The van der Waals surface area contributed by atoms with E-state index in [4.69, 9.17) is 5.84 Å². The molecule has 3 nitrogen and oxygen atoms in total. The summed E-state index contributed by atoms with van der Waals surface area (Å²) >= 11 is 1.72. The summed E-state index contributed by atoms with van der Waals surface area (Å²) in [7, 11) is 0. The van der Waals surface area contributed by atoms with Gasteiger partial charge < -0.3 is 0 Å². The van der Waals surface area contributed by atoms with Crippen molar-refractivity contribution in [2.24, 2.45) is 5.84 Å². The molecule has 1 heterocycles. The molecule has 4 heteroatoms. The van der Waals surface area contributed by atoms with Crippen LogP contribution >= 0.6 is 11.3 Å². The maximum Gasteiger partial charge on any atom is 0.0900 e. The Hall–Kier alpha value is -0.710. The largest absolute Gasteiger partial charge is 0.271 e. The number of aryl methyl sites for hydroxylation is 2. The molecule has 84 valence electrons. The zero-order valence-electron chi connectivity index (χ0n) is 9.63. The normalized spacial score (nSPS) is 12.8. The number of allylic oxidation sites excluding steroid dienone is 1. The number of nitrogens with one attached hydrogen (secondary N) is 1. The third-order valence-electron chi connectivity index (χ3n) is 2.32. The van der Waals surface area contributed by atoms with Gasteiger partial charge in [0.05, 0.1) is 16.7 Å². The number of rotatable bonds is 5. The summed E-state index contributed by atoms with van der Waals surface area (Å²) in [4.78, 5) is 5.65. The van der Waals surface area contributed by atoms with Gasteiger partial charge in [0.15, 0.2) is 0 Å². The molecule has 1 rings (SSSR count). The molecule has 1 atom stereocenters. The first-order valence-corrected chi connectivity index (χ1v) is 5.90. The van der Waals surface area contributed by atoms with E-state index < -0.39 is 0 Å². The average Bonchev–Trinajstić information content (AvgIpc) is 2.46. The van der Waals surface area contributed by atoms with E-state index in [0.29, 0.717) is 0 Å². The highest BCUT2D eigenvalue weighted by molar-refractivity contribution is 7.11. The van der Waals surface area contributed by atoms with E-state index in [-0.39, 0.29) is 6.04 Å². The molecule has 0 fully saturated rings. The van der Waals surface area contributed by atoms with E-state index in [1.54, 1.807) is 11.3 Å². The molecule has 1 aromatic heterocycles. The summed E-state index contributed by atoms with van der Waals surface area (Å²) in [5.41, 5.74) is 5.13. The summed E-state index contributed by atoms with van der Waals surface area (Å²) in [5.74, 6) is 5.57. The Kier molecular flexibility index (Phi) is 4.45. The van der Waals surface area contributed by atoms with E-state index in [0.717, 1.165) is 23.5 Å². The fourth-order valence-electron chi connectivity index (χ4n) is 1.55. The van der Waals surface area contributed by atoms with Gasteiger partial charge in [-0.25, -0.2) is 4.98 Å². The van der Waals surface area contributed by atoms with Crippen molar-refractivity contribution < 1.29 is 0 Å². The molecule has 15 heavy (non-hydrogen) atoms. The predicted molar refractivity (Wildman–Crippen MR) is 65.7 cm³/mol. The first-order valence-electron chi connectivity index (χ1n) is 5.09. The quantitative estimate of drug-likeness (QED) is 0.460. The van der Waals surface area contributed by atoms with Crippen LogP contribution in [0.4, 0.5) is 0 Å². The van der Waals surface area contributed by atoms with Crippen LogP contribution in [-0.4, -0.2) is 4.98 Å². The standard InChI is InChI=1S/C11H19N3S/c1-7(2)5-6-10(14-12)11-8(3)13-9(4)15-11/h10,14H,1,5-6,12H2,2-4H3. The van der Waals surface area contributed by atoms with Crippen molar-refractivity contribution in [2.75, 3.05) is 0 Å². The fourth-order valence-corrected chi connectivity index (χ4v) is 2.57. The van der Waals surface area contributed by atoms with Crippen molar-refractivity contribution >= 4 is 11.3 Å². The zero-order valence-corrected chi connectivity index (χ0v) is 10.4. The highest BCUT2D eigenvalue weighted by Crippen LogP contribution is 2.28. The fraction of sp³-hybridized carbons (Fsp3) is 0.545. The summed E-state index contributed by atoms with van der Waals surface area (Å²) in [6.07, 6.45) is 1.97. The Morgan fingerprint density at radius 3 is 2.67 bits per heavy atom. The van der Waals surface area contributed by atoms with E-state index in [2.05, 4.69) is 17.0 Å². The van der Waals surface area contributed by atoms with Gasteiger partial charge in [0.2, 0.25) is 0 Å². The Morgan fingerprint density at radius 2 is 2.27 bits per heavy atom. The van der Waals surface area contributed by atoms with Gasteiger partial charge in [-0.3, -0.25) is 11.3 Å². The summed E-state index contributed by atoms with van der Waals surface area (Å²) < 4.78 is 0. The molecule has 1 aromatic rings. The number of hydrogen-bond acceptors (Lipinski definition) is 4. The molecule has 0 spiro atoms. The van der Waals surface area contributed by atoms with Crippen molar-refractivity contribution in [1.29, 1.82) is 0 Å².